The number of ether oxygens (including phenoxy) is 1. The standard InChI is InChI=1S/C17H35N5O4/c1-11(2)9-13(22-16(25)26-17(3,4)5)14(24)21-12(10-23)7-6-8-20-15(18)19/h11-13,23H,6-10H2,1-5H3,(H,21,24)(H,22,25)(H4,18,19,20)/t12-,13-/m0/s1. The van der Waals surface area contributed by atoms with Gasteiger partial charge in [-0.1, -0.05) is 13.8 Å². The largest absolute Gasteiger partial charge is 0.444 e. The lowest BCUT2D eigenvalue weighted by Crippen LogP contribution is -2.52. The normalized spacial score (nSPS) is 13.7. The highest BCUT2D eigenvalue weighted by Crippen LogP contribution is 2.10. The number of nitrogens with two attached hydrogens (primary N) is 1. The average Bonchev–Trinajstić information content (AvgIpc) is 2.46. The van der Waals surface area contributed by atoms with E-state index in [4.69, 9.17) is 15.9 Å². The van der Waals surface area contributed by atoms with Gasteiger partial charge in [-0.05, 0) is 46.0 Å². The quantitative estimate of drug-likeness (QED) is 0.188. The molecular weight excluding hydrogens is 338 g/mol. The van der Waals surface area contributed by atoms with Crippen LogP contribution in [-0.2, 0) is 9.53 Å². The molecule has 0 spiro atoms. The number of hydrogen-bond acceptors (Lipinski definition) is 5. The lowest BCUT2D eigenvalue weighted by molar-refractivity contribution is -0.124. The third kappa shape index (κ3) is 12.3. The molecule has 0 saturated carbocycles. The Morgan fingerprint density at radius 2 is 1.85 bits per heavy atom. The first-order valence-corrected chi connectivity index (χ1v) is 8.93. The minimum atomic E-state index is -0.741. The molecule has 26 heavy (non-hydrogen) atoms. The van der Waals surface area contributed by atoms with Crippen LogP contribution >= 0.6 is 0 Å². The highest BCUT2D eigenvalue weighted by atomic mass is 16.6. The Morgan fingerprint density at radius 3 is 2.31 bits per heavy atom. The highest BCUT2D eigenvalue weighted by Gasteiger charge is 2.26. The summed E-state index contributed by atoms with van der Waals surface area (Å²) < 4.78 is 5.21. The molecule has 0 fully saturated rings. The molecule has 0 aliphatic rings. The Bertz CT molecular complexity index is 463. The number of carbonyl (C=O) groups excluding carboxylic acids is 2. The summed E-state index contributed by atoms with van der Waals surface area (Å²) in [6, 6.07) is -1.18. The van der Waals surface area contributed by atoms with Gasteiger partial charge in [0.1, 0.15) is 11.6 Å². The minimum Gasteiger partial charge on any atom is -0.444 e. The fourth-order valence-electron chi connectivity index (χ4n) is 2.24. The van der Waals surface area contributed by atoms with Gasteiger partial charge in [-0.2, -0.15) is 0 Å². The Labute approximate surface area is 155 Å². The van der Waals surface area contributed by atoms with E-state index in [1.54, 1.807) is 20.8 Å². The molecule has 0 heterocycles. The van der Waals surface area contributed by atoms with E-state index in [2.05, 4.69) is 16.0 Å². The lowest BCUT2D eigenvalue weighted by atomic mass is 10.0. The number of amides is 2. The average molecular weight is 373 g/mol. The molecule has 152 valence electrons. The number of hydrogen-bond donors (Lipinski definition) is 6. The van der Waals surface area contributed by atoms with Crippen molar-refractivity contribution >= 4 is 18.0 Å². The van der Waals surface area contributed by atoms with Gasteiger partial charge in [0.25, 0.3) is 0 Å². The number of aliphatic hydroxyl groups is 1. The highest BCUT2D eigenvalue weighted by molar-refractivity contribution is 5.85. The van der Waals surface area contributed by atoms with Crippen molar-refractivity contribution in [2.24, 2.45) is 11.7 Å². The van der Waals surface area contributed by atoms with Crippen LogP contribution in [0.15, 0.2) is 0 Å². The topological polar surface area (TPSA) is 150 Å². The molecule has 0 aromatic carbocycles. The Balaban J connectivity index is 4.68. The number of rotatable bonds is 10. The summed E-state index contributed by atoms with van der Waals surface area (Å²) in [5.41, 5.74) is 4.55. The van der Waals surface area contributed by atoms with Crippen molar-refractivity contribution in [3.05, 3.63) is 0 Å². The van der Waals surface area contributed by atoms with Crippen LogP contribution in [0.1, 0.15) is 53.9 Å². The van der Waals surface area contributed by atoms with E-state index in [9.17, 15) is 14.7 Å². The van der Waals surface area contributed by atoms with Gasteiger partial charge in [0.2, 0.25) is 5.91 Å². The third-order valence-corrected chi connectivity index (χ3v) is 3.33. The fourth-order valence-corrected chi connectivity index (χ4v) is 2.24. The van der Waals surface area contributed by atoms with Gasteiger partial charge in [0, 0.05) is 6.54 Å². The summed E-state index contributed by atoms with van der Waals surface area (Å²) in [6.45, 7) is 9.42. The molecule has 0 unspecified atom stereocenters. The van der Waals surface area contributed by atoms with Crippen molar-refractivity contribution in [3.63, 3.8) is 0 Å². The van der Waals surface area contributed by atoms with Crippen LogP contribution in [0.2, 0.25) is 0 Å². The number of aliphatic hydroxyl groups excluding tert-OH is 1. The molecule has 0 radical (unpaired) electrons. The molecule has 9 heteroatoms. The predicted molar refractivity (Wildman–Crippen MR) is 101 cm³/mol. The van der Waals surface area contributed by atoms with Crippen LogP contribution < -0.4 is 21.7 Å². The van der Waals surface area contributed by atoms with Crippen LogP contribution in [0, 0.1) is 11.3 Å². The predicted octanol–water partition coefficient (Wildman–Crippen LogP) is 0.666. The molecule has 2 atom stereocenters. The summed E-state index contributed by atoms with van der Waals surface area (Å²) in [7, 11) is 0. The summed E-state index contributed by atoms with van der Waals surface area (Å²) in [5, 5.41) is 24.6. The lowest BCUT2D eigenvalue weighted by Gasteiger charge is -2.25. The molecule has 0 aromatic heterocycles. The van der Waals surface area contributed by atoms with Gasteiger partial charge >= 0.3 is 6.09 Å². The Hall–Kier alpha value is -2.03. The van der Waals surface area contributed by atoms with Crippen LogP contribution in [0.25, 0.3) is 0 Å². The van der Waals surface area contributed by atoms with E-state index < -0.39 is 23.8 Å². The monoisotopic (exact) mass is 373 g/mol. The van der Waals surface area contributed by atoms with E-state index in [0.29, 0.717) is 25.8 Å². The molecule has 0 saturated heterocycles. The fraction of sp³-hybridized carbons (Fsp3) is 0.824. The second-order valence-electron chi connectivity index (χ2n) is 7.70. The van der Waals surface area contributed by atoms with E-state index in [1.807, 2.05) is 13.8 Å². The molecule has 7 N–H and O–H groups in total. The second-order valence-corrected chi connectivity index (χ2v) is 7.70. The van der Waals surface area contributed by atoms with Crippen molar-refractivity contribution < 1.29 is 19.4 Å². The maximum Gasteiger partial charge on any atom is 0.408 e. The van der Waals surface area contributed by atoms with Crippen LogP contribution in [0.3, 0.4) is 0 Å². The van der Waals surface area contributed by atoms with Gasteiger partial charge in [-0.3, -0.25) is 10.2 Å². The van der Waals surface area contributed by atoms with Crippen LogP contribution in [-0.4, -0.2) is 53.9 Å². The Morgan fingerprint density at radius 1 is 1.23 bits per heavy atom. The van der Waals surface area contributed by atoms with Crippen molar-refractivity contribution in [3.8, 4) is 0 Å². The van der Waals surface area contributed by atoms with Crippen LogP contribution in [0.4, 0.5) is 4.79 Å². The number of carbonyl (C=O) groups is 2. The first kappa shape index (κ1) is 24.0. The maximum atomic E-state index is 12.5. The van der Waals surface area contributed by atoms with E-state index in [-0.39, 0.29) is 24.4 Å². The van der Waals surface area contributed by atoms with Crippen molar-refractivity contribution in [1.82, 2.24) is 16.0 Å². The molecular formula is C17H35N5O4. The number of nitrogens with one attached hydrogen (secondary N) is 4. The van der Waals surface area contributed by atoms with Crippen LogP contribution in [0.5, 0.6) is 0 Å². The molecule has 2 amide bonds. The first-order chi connectivity index (χ1) is 11.9. The molecule has 0 bridgehead atoms. The zero-order valence-electron chi connectivity index (χ0n) is 16.5. The molecule has 0 rings (SSSR count). The number of alkyl carbamates (subject to hydrolysis) is 1. The van der Waals surface area contributed by atoms with Gasteiger partial charge in [-0.25, -0.2) is 4.79 Å². The summed E-state index contributed by atoms with van der Waals surface area (Å²) in [4.78, 5) is 24.5. The molecule has 0 aliphatic carbocycles. The molecule has 9 nitrogen and oxygen atoms in total. The molecule has 0 aromatic rings. The zero-order valence-corrected chi connectivity index (χ0v) is 16.5. The zero-order chi connectivity index (χ0) is 20.3. The first-order valence-electron chi connectivity index (χ1n) is 8.93. The van der Waals surface area contributed by atoms with Gasteiger partial charge in [0.05, 0.1) is 12.6 Å². The summed E-state index contributed by atoms with van der Waals surface area (Å²) in [6.07, 6.45) is 0.947. The van der Waals surface area contributed by atoms with Gasteiger partial charge in [-0.15, -0.1) is 0 Å². The Kier molecular flexibility index (Phi) is 10.7. The minimum absolute atomic E-state index is 0.117. The van der Waals surface area contributed by atoms with Gasteiger partial charge in [0.15, 0.2) is 5.96 Å². The number of guanidine groups is 1. The maximum absolute atomic E-state index is 12.5. The van der Waals surface area contributed by atoms with E-state index in [1.165, 1.54) is 0 Å². The second kappa shape index (κ2) is 11.6. The SMILES string of the molecule is CC(C)C[C@H](NC(=O)OC(C)(C)C)C(=O)N[C@H](CO)CCCNC(=N)N. The smallest absolute Gasteiger partial charge is 0.408 e. The third-order valence-electron chi connectivity index (χ3n) is 3.33. The van der Waals surface area contributed by atoms with E-state index in [0.717, 1.165) is 0 Å². The van der Waals surface area contributed by atoms with Crippen molar-refractivity contribution in [1.29, 1.82) is 5.41 Å². The van der Waals surface area contributed by atoms with Crippen molar-refractivity contribution in [2.75, 3.05) is 13.2 Å². The van der Waals surface area contributed by atoms with E-state index >= 15 is 0 Å². The molecule has 0 aliphatic heterocycles. The summed E-state index contributed by atoms with van der Waals surface area (Å²) >= 11 is 0. The summed E-state index contributed by atoms with van der Waals surface area (Å²) in [5.74, 6) is -0.288. The van der Waals surface area contributed by atoms with Crippen molar-refractivity contribution in [2.45, 2.75) is 71.6 Å². The van der Waals surface area contributed by atoms with Gasteiger partial charge < -0.3 is 31.5 Å².